The average Bonchev–Trinajstić information content (AvgIpc) is 1.38. The maximum Gasteiger partial charge on any atom is 1.00 e. The van der Waals surface area contributed by atoms with Crippen molar-refractivity contribution in [3.63, 3.8) is 0 Å². The largest absolute Gasteiger partial charge is 1.00 e. The minimum atomic E-state index is -0.106. The summed E-state index contributed by atoms with van der Waals surface area (Å²) < 4.78 is 96.3. The molecule has 0 saturated carbocycles. The monoisotopic (exact) mass is 2050 g/mol. The van der Waals surface area contributed by atoms with Crippen molar-refractivity contribution in [2.75, 3.05) is 147 Å². The molecule has 10 aliphatic rings. The molecule has 4 unspecified atom stereocenters. The van der Waals surface area contributed by atoms with E-state index in [9.17, 15) is 8.68 Å². The van der Waals surface area contributed by atoms with E-state index in [1.54, 1.807) is 87.0 Å². The van der Waals surface area contributed by atoms with Crippen molar-refractivity contribution < 1.29 is 111 Å². The molecule has 0 bridgehead atoms. The van der Waals surface area contributed by atoms with Crippen LogP contribution in [-0.4, -0.2) is 215 Å². The van der Waals surface area contributed by atoms with Gasteiger partial charge in [0, 0.05) is 231 Å². The van der Waals surface area contributed by atoms with E-state index < -0.39 is 0 Å². The van der Waals surface area contributed by atoms with Gasteiger partial charge in [-0.15, -0.1) is 56.7 Å². The Balaban J connectivity index is 0.000000164. The van der Waals surface area contributed by atoms with E-state index in [-0.39, 0.29) is 107 Å². The van der Waals surface area contributed by atoms with Crippen molar-refractivity contribution in [3.05, 3.63) is 232 Å². The van der Waals surface area contributed by atoms with E-state index in [1.165, 1.54) is 111 Å². The third-order valence-corrected chi connectivity index (χ3v) is 34.8. The summed E-state index contributed by atoms with van der Waals surface area (Å²) in [5.41, 5.74) is 11.9. The van der Waals surface area contributed by atoms with Crippen LogP contribution in [0, 0.1) is 0 Å². The molecule has 141 heavy (non-hydrogen) atoms. The van der Waals surface area contributed by atoms with Crippen LogP contribution in [0.15, 0.2) is 179 Å². The summed E-state index contributed by atoms with van der Waals surface area (Å²) in [5, 5.41) is 10.3. The van der Waals surface area contributed by atoms with Crippen LogP contribution in [0.5, 0.6) is 28.7 Å². The molecule has 0 amide bonds. The first-order valence-corrected chi connectivity index (χ1v) is 55.6. The van der Waals surface area contributed by atoms with Crippen molar-refractivity contribution in [3.8, 4) is 28.7 Å². The van der Waals surface area contributed by atoms with Gasteiger partial charge < -0.3 is 78.2 Å². The summed E-state index contributed by atoms with van der Waals surface area (Å²) in [5.74, 6) is 4.80. The van der Waals surface area contributed by atoms with Crippen molar-refractivity contribution in [1.29, 1.82) is 0 Å². The third-order valence-electron chi connectivity index (χ3n) is 30.2. The van der Waals surface area contributed by atoms with Gasteiger partial charge in [0.1, 0.15) is 33.6 Å². The second-order valence-corrected chi connectivity index (χ2v) is 44.2. The maximum absolute atomic E-state index is 10.2. The molecule has 10 aromatic heterocycles. The molecule has 3 radical (unpaired) electrons. The first-order chi connectivity index (χ1) is 68.1. The number of pyridine rings is 5. The van der Waals surface area contributed by atoms with Crippen LogP contribution in [-0.2, 0) is 100 Å². The first-order valence-electron chi connectivity index (χ1n) is 50.1. The molecular weight excluding hydrogens is 1910 g/mol. The van der Waals surface area contributed by atoms with E-state index >= 15 is 0 Å². The Bertz CT molecular complexity index is 4670. The second kappa shape index (κ2) is 56.8. The molecule has 5 spiro atoms. The Hall–Kier alpha value is -6.18. The smallest absolute Gasteiger partial charge is 1.00 e. The fraction of sp³-hybridized carbons (Fsp3) is 0.582. The van der Waals surface area contributed by atoms with Gasteiger partial charge in [-0.2, -0.15) is 3.89 Å². The molecule has 2 N–H and O–H groups in total. The number of carbonyl (C=O) groups excluding carboxylic acids is 1. The number of unbranched alkanes of at least 4 members (excludes halogenated alkanes) is 4. The van der Waals surface area contributed by atoms with Crippen LogP contribution in [0.25, 0.3) is 0 Å². The fourth-order valence-electron chi connectivity index (χ4n) is 23.1. The van der Waals surface area contributed by atoms with Crippen LogP contribution in [0.3, 0.4) is 0 Å². The van der Waals surface area contributed by atoms with E-state index in [0.717, 1.165) is 282 Å². The second-order valence-electron chi connectivity index (χ2n) is 38.9. The number of rotatable bonds is 33. The number of carbonyl (C=O) groups is 1. The van der Waals surface area contributed by atoms with Gasteiger partial charge in [-0.1, -0.05) is 56.0 Å². The topological polar surface area (TPSA) is 246 Å². The number of methoxy groups -OCH3 is 5. The van der Waals surface area contributed by atoms with Crippen molar-refractivity contribution in [2.45, 2.75) is 261 Å². The van der Waals surface area contributed by atoms with Gasteiger partial charge in [0.25, 0.3) is 0 Å². The number of ether oxygens (including phenoxy) is 15. The number of hydrogen-bond donors (Lipinski definition) is 1. The normalized spacial score (nSPS) is 26.8. The SMILES string of the molecule is COc1ccsc1C=O.COc1ccsc1CCCCC1(c2ccccn2)CCOC2(CCOC2)C1.COc1ccsc1CCCC[C@@]1(c2ccccn2)CCO[C@@]2(CCOC2)C1.COc1ccsc1CCCC[C@@]1(c2ccccn2)CCO[C@]2(CCOC2)C1.COc1ccsc1CCCC[C@]1(c2ccccn2)CCO[C@@]2(CCOC2)C1.CSF.NCCC1(c2ccccn2)CCOC2(CCOC2)C1.[B].[H-].[Na+]. The number of nitrogens with two attached hydrogens (primary N) is 1. The number of aromatic nitrogens is 5. The number of aryl methyl sites for hydroxylation is 4. The van der Waals surface area contributed by atoms with E-state index in [2.05, 4.69) is 111 Å². The Morgan fingerprint density at radius 2 is 0.567 bits per heavy atom. The molecule has 20 heterocycles. The number of nitrogens with zero attached hydrogens (tertiary/aromatic N) is 5. The predicted octanol–water partition coefficient (Wildman–Crippen LogP) is 20.3. The summed E-state index contributed by atoms with van der Waals surface area (Å²) in [7, 11) is 8.58. The van der Waals surface area contributed by atoms with E-state index in [4.69, 9.17) is 96.7 Å². The number of hydrogen-bond acceptors (Lipinski definition) is 28. The fourth-order valence-corrected chi connectivity index (χ4v) is 27.3. The summed E-state index contributed by atoms with van der Waals surface area (Å²) in [6.07, 6.45) is 46.5. The van der Waals surface area contributed by atoms with Crippen molar-refractivity contribution in [1.82, 2.24) is 24.9 Å². The molecule has 10 saturated heterocycles. The predicted molar refractivity (Wildman–Crippen MR) is 561 cm³/mol. The van der Waals surface area contributed by atoms with Crippen molar-refractivity contribution >= 4 is 83.5 Å². The number of thiophene rings is 5. The van der Waals surface area contributed by atoms with E-state index in [0.29, 0.717) is 23.8 Å². The van der Waals surface area contributed by atoms with Gasteiger partial charge >= 0.3 is 29.6 Å². The van der Waals surface area contributed by atoms with Gasteiger partial charge in [0.05, 0.1) is 96.6 Å². The molecule has 20 rings (SSSR count). The standard InChI is InChI=1S/4C22H29NO3S.C15H22N2O2.C6H6O2S.CH3FS.B.Na.H/c4*1-24-18-8-15-27-19(18)6-2-4-9-21(20-7-3-5-12-23-20)10-14-26-22(16-21)11-13-25-17-22;16-7-4-14(13-3-1-2-8-17-13)5-10-19-15(11-14)6-9-18-12-15;1-8-5-2-3-9-6(5)4-7;1-3-2;;;/h4*3,5,7-8,12,15H,2,4,6,9-11,13-14,16-17H2,1H3;1-3,8H,4-7,9-12,16H2;2-4H,1H3;1H3;;;/q;;;;;;;;+1;-1/t21-,22+;2*21-,22-;;;;;;;/m110......./s1. The van der Waals surface area contributed by atoms with Gasteiger partial charge in [0.15, 0.2) is 6.29 Å². The molecule has 0 aromatic carbocycles. The van der Waals surface area contributed by atoms with Crippen LogP contribution < -0.4 is 59.0 Å². The van der Waals surface area contributed by atoms with Gasteiger partial charge in [-0.25, -0.2) is 0 Å². The van der Waals surface area contributed by atoms with Crippen LogP contribution in [0.2, 0.25) is 0 Å². The number of halogens is 1. The minimum Gasteiger partial charge on any atom is -1.00 e. The molecule has 761 valence electrons. The molecule has 0 aliphatic carbocycles. The van der Waals surface area contributed by atoms with Crippen LogP contribution in [0.4, 0.5) is 3.89 Å². The molecule has 10 fully saturated rings. The zero-order valence-corrected chi connectivity index (χ0v) is 91.0. The van der Waals surface area contributed by atoms with Crippen LogP contribution in [0.1, 0.15) is 239 Å². The Kier molecular flexibility index (Phi) is 45.8. The zero-order chi connectivity index (χ0) is 96.9. The Morgan fingerprint density at radius 3 is 0.759 bits per heavy atom. The Morgan fingerprint density at radius 1 is 0.340 bits per heavy atom. The minimum absolute atomic E-state index is 0. The first kappa shape index (κ1) is 114. The van der Waals surface area contributed by atoms with E-state index in [1.807, 2.05) is 66.7 Å². The zero-order valence-electron chi connectivity index (χ0n) is 85.1. The maximum atomic E-state index is 10.2. The average molecular weight is 2060 g/mol. The quantitative estimate of drug-likeness (QED) is 0.0228. The summed E-state index contributed by atoms with van der Waals surface area (Å²) in [4.78, 5) is 39.9. The molecule has 31 heteroatoms. The molecular formula is C110H148BFN6NaO16S6. The molecule has 10 aromatic rings. The molecule has 10 aliphatic heterocycles. The third kappa shape index (κ3) is 30.3. The van der Waals surface area contributed by atoms with Gasteiger partial charge in [-0.05, 0) is 272 Å². The molecule has 10 atom stereocenters. The van der Waals surface area contributed by atoms with Gasteiger partial charge in [0.2, 0.25) is 0 Å². The summed E-state index contributed by atoms with van der Waals surface area (Å²) in [6, 6.07) is 41.5. The Labute approximate surface area is 886 Å². The van der Waals surface area contributed by atoms with Crippen molar-refractivity contribution in [2.24, 2.45) is 5.73 Å². The van der Waals surface area contributed by atoms with Gasteiger partial charge in [-0.3, -0.25) is 29.7 Å². The summed E-state index contributed by atoms with van der Waals surface area (Å²) in [6.45, 7) is 12.4. The van der Waals surface area contributed by atoms with Crippen LogP contribution >= 0.6 is 68.8 Å². The molecule has 22 nitrogen and oxygen atoms in total. The number of aldehydes is 1. The summed E-state index contributed by atoms with van der Waals surface area (Å²) >= 11 is 8.82.